The molecule has 8 heavy (non-hydrogen) atoms. The Morgan fingerprint density at radius 2 is 2.00 bits per heavy atom. The van der Waals surface area contributed by atoms with E-state index in [9.17, 15) is 9.46 Å². The van der Waals surface area contributed by atoms with E-state index in [1.54, 1.807) is 0 Å². The number of hydrogen-bond acceptors (Lipinski definition) is 3. The van der Waals surface area contributed by atoms with Gasteiger partial charge in [0.1, 0.15) is 0 Å². The highest BCUT2D eigenvalue weighted by Gasteiger charge is 2.06. The van der Waals surface area contributed by atoms with E-state index in [1.807, 2.05) is 0 Å². The van der Waals surface area contributed by atoms with Crippen LogP contribution in [0.3, 0.4) is 0 Å². The van der Waals surface area contributed by atoms with E-state index in [-0.39, 0.29) is 0 Å². The quantitative estimate of drug-likeness (QED) is 0.490. The summed E-state index contributed by atoms with van der Waals surface area (Å²) in [5, 5.41) is 0. The molecule has 0 aliphatic carbocycles. The van der Waals surface area contributed by atoms with Crippen molar-refractivity contribution in [2.45, 2.75) is 0 Å². The van der Waals surface area contributed by atoms with E-state index in [0.29, 0.717) is 0 Å². The molecule has 0 aliphatic rings. The van der Waals surface area contributed by atoms with E-state index < -0.39 is 7.75 Å². The molecular formula is C3H9NO3P-. The van der Waals surface area contributed by atoms with Crippen LogP contribution in [0.1, 0.15) is 0 Å². The van der Waals surface area contributed by atoms with Crippen molar-refractivity contribution in [2.75, 3.05) is 21.2 Å². The Morgan fingerprint density at radius 1 is 1.62 bits per heavy atom. The van der Waals surface area contributed by atoms with Crippen LogP contribution in [0.2, 0.25) is 0 Å². The topological polar surface area (TPSA) is 52.6 Å². The van der Waals surface area contributed by atoms with Gasteiger partial charge in [-0.15, -0.1) is 0 Å². The molecule has 50 valence electrons. The Bertz CT molecular complexity index is 113. The molecule has 0 bridgehead atoms. The van der Waals surface area contributed by atoms with Crippen molar-refractivity contribution in [3.63, 3.8) is 0 Å². The molecule has 0 spiro atoms. The highest BCUT2D eigenvalue weighted by Crippen LogP contribution is 2.36. The second-order valence-electron chi connectivity index (χ2n) is 1.50. The number of nitrogens with zero attached hydrogens (tertiary/aromatic N) is 1. The summed E-state index contributed by atoms with van der Waals surface area (Å²) in [5.74, 6) is 0. The SMILES string of the molecule is COP(=O)([O-])N(C)C. The molecule has 0 fully saturated rings. The standard InChI is InChI=1S/C3H10NO3P/c1-4(2)8(5,6)7-3/h1-3H3,(H,5,6)/p-1. The molecule has 0 amide bonds. The van der Waals surface area contributed by atoms with Crippen molar-refractivity contribution < 1.29 is 14.0 Å². The van der Waals surface area contributed by atoms with Crippen LogP contribution in [0, 0.1) is 0 Å². The maximum atomic E-state index is 10.4. The highest BCUT2D eigenvalue weighted by molar-refractivity contribution is 7.48. The van der Waals surface area contributed by atoms with Gasteiger partial charge >= 0.3 is 0 Å². The van der Waals surface area contributed by atoms with Crippen LogP contribution in [-0.4, -0.2) is 25.9 Å². The van der Waals surface area contributed by atoms with Crippen molar-refractivity contribution >= 4 is 7.75 Å². The van der Waals surface area contributed by atoms with Crippen LogP contribution in [0.4, 0.5) is 0 Å². The molecule has 1 atom stereocenters. The van der Waals surface area contributed by atoms with Crippen molar-refractivity contribution in [3.8, 4) is 0 Å². The Kier molecular flexibility index (Phi) is 2.63. The predicted octanol–water partition coefficient (Wildman–Crippen LogP) is -0.337. The molecule has 5 heteroatoms. The first-order chi connectivity index (χ1) is 3.50. The summed E-state index contributed by atoms with van der Waals surface area (Å²) in [6.07, 6.45) is 0. The molecular weight excluding hydrogens is 129 g/mol. The molecule has 0 aliphatic heterocycles. The van der Waals surface area contributed by atoms with Crippen LogP contribution in [0.25, 0.3) is 0 Å². The molecule has 0 aromatic rings. The fourth-order valence-electron chi connectivity index (χ4n) is 0.163. The fourth-order valence-corrected chi connectivity index (χ4v) is 0.490. The summed E-state index contributed by atoms with van der Waals surface area (Å²) in [6.45, 7) is 0. The normalized spacial score (nSPS) is 18.6. The maximum Gasteiger partial charge on any atom is 0.206 e. The molecule has 0 rings (SSSR count). The van der Waals surface area contributed by atoms with Gasteiger partial charge in [-0.2, -0.15) is 0 Å². The van der Waals surface area contributed by atoms with Gasteiger partial charge in [-0.3, -0.25) is 4.57 Å². The molecule has 4 nitrogen and oxygen atoms in total. The average Bonchev–Trinajstić information content (AvgIpc) is 1.67. The molecule has 0 aromatic carbocycles. The minimum absolute atomic E-state index is 1.02. The van der Waals surface area contributed by atoms with E-state index in [0.717, 1.165) is 11.8 Å². The summed E-state index contributed by atoms with van der Waals surface area (Å²) < 4.78 is 15.6. The van der Waals surface area contributed by atoms with Crippen LogP contribution in [0.15, 0.2) is 0 Å². The first-order valence-electron chi connectivity index (χ1n) is 2.05. The minimum atomic E-state index is -3.66. The zero-order chi connectivity index (χ0) is 6.78. The zero-order valence-electron chi connectivity index (χ0n) is 5.12. The monoisotopic (exact) mass is 138 g/mol. The lowest BCUT2D eigenvalue weighted by molar-refractivity contribution is -0.208. The number of rotatable bonds is 2. The minimum Gasteiger partial charge on any atom is -0.766 e. The van der Waals surface area contributed by atoms with Gasteiger partial charge in [0.25, 0.3) is 0 Å². The van der Waals surface area contributed by atoms with Gasteiger partial charge in [0.2, 0.25) is 7.75 Å². The Morgan fingerprint density at radius 3 is 2.00 bits per heavy atom. The van der Waals surface area contributed by atoms with Crippen molar-refractivity contribution in [3.05, 3.63) is 0 Å². The molecule has 0 N–H and O–H groups in total. The Hall–Kier alpha value is 0.110. The van der Waals surface area contributed by atoms with Gasteiger partial charge in [0, 0.05) is 7.11 Å². The van der Waals surface area contributed by atoms with Crippen molar-refractivity contribution in [1.82, 2.24) is 4.67 Å². The van der Waals surface area contributed by atoms with Gasteiger partial charge < -0.3 is 9.42 Å². The second kappa shape index (κ2) is 2.60. The first kappa shape index (κ1) is 8.11. The van der Waals surface area contributed by atoms with Crippen molar-refractivity contribution in [2.24, 2.45) is 0 Å². The third kappa shape index (κ3) is 1.92. The van der Waals surface area contributed by atoms with Gasteiger partial charge in [-0.05, 0) is 14.1 Å². The zero-order valence-corrected chi connectivity index (χ0v) is 6.01. The van der Waals surface area contributed by atoms with E-state index in [4.69, 9.17) is 0 Å². The Labute approximate surface area is 48.7 Å². The van der Waals surface area contributed by atoms with Crippen molar-refractivity contribution in [1.29, 1.82) is 0 Å². The second-order valence-corrected chi connectivity index (χ2v) is 3.60. The van der Waals surface area contributed by atoms with Gasteiger partial charge in [0.05, 0.1) is 0 Å². The van der Waals surface area contributed by atoms with E-state index in [1.165, 1.54) is 14.1 Å². The summed E-state index contributed by atoms with van der Waals surface area (Å²) in [7, 11) is 0.299. The molecule has 0 radical (unpaired) electrons. The lowest BCUT2D eigenvalue weighted by Gasteiger charge is -2.26. The fraction of sp³-hybridized carbons (Fsp3) is 1.00. The van der Waals surface area contributed by atoms with Gasteiger partial charge in [0.15, 0.2) is 0 Å². The van der Waals surface area contributed by atoms with E-state index >= 15 is 0 Å². The van der Waals surface area contributed by atoms with Crippen LogP contribution in [-0.2, 0) is 9.09 Å². The van der Waals surface area contributed by atoms with E-state index in [2.05, 4.69) is 4.52 Å². The van der Waals surface area contributed by atoms with Gasteiger partial charge in [-0.1, -0.05) is 0 Å². The lowest BCUT2D eigenvalue weighted by atomic mass is 11.3. The van der Waals surface area contributed by atoms with Crippen LogP contribution in [0.5, 0.6) is 0 Å². The third-order valence-corrected chi connectivity index (χ3v) is 2.16. The smallest absolute Gasteiger partial charge is 0.206 e. The molecule has 0 saturated carbocycles. The Balaban J connectivity index is 3.93. The van der Waals surface area contributed by atoms with Crippen LogP contribution < -0.4 is 4.89 Å². The van der Waals surface area contributed by atoms with Crippen LogP contribution >= 0.6 is 7.75 Å². The molecule has 0 aromatic heterocycles. The summed E-state index contributed by atoms with van der Waals surface area (Å²) in [4.78, 5) is 10.4. The predicted molar refractivity (Wildman–Crippen MR) is 28.3 cm³/mol. The number of hydrogen-bond donors (Lipinski definition) is 0. The average molecular weight is 138 g/mol. The summed E-state index contributed by atoms with van der Waals surface area (Å²) in [6, 6.07) is 0. The van der Waals surface area contributed by atoms with Gasteiger partial charge in [-0.25, -0.2) is 4.67 Å². The molecule has 0 saturated heterocycles. The lowest BCUT2D eigenvalue weighted by Crippen LogP contribution is -2.18. The highest BCUT2D eigenvalue weighted by atomic mass is 31.2. The summed E-state index contributed by atoms with van der Waals surface area (Å²) in [5.41, 5.74) is 0. The summed E-state index contributed by atoms with van der Waals surface area (Å²) >= 11 is 0. The maximum absolute atomic E-state index is 10.4. The third-order valence-electron chi connectivity index (χ3n) is 0.721. The molecule has 0 heterocycles. The largest absolute Gasteiger partial charge is 0.766 e. The molecule has 1 unspecified atom stereocenters. The first-order valence-corrected chi connectivity index (χ1v) is 3.55.